The molecule has 0 saturated heterocycles. The van der Waals surface area contributed by atoms with Crippen LogP contribution in [0.3, 0.4) is 0 Å². The smallest absolute Gasteiger partial charge is 0.337 e. The number of nitrogens with one attached hydrogen (secondary N) is 2. The standard InChI is InChI=1S/C13H13N3O3S/c1-7-5-8(2)10(9(6-7)11(17)18)15-12(19)16-13-14-3-4-20-13/h3-6H,1-2H3,(H,17,18)(H2,14,15,16,19). The third-order valence-electron chi connectivity index (χ3n) is 2.60. The third kappa shape index (κ3) is 3.12. The summed E-state index contributed by atoms with van der Waals surface area (Å²) < 4.78 is 0. The van der Waals surface area contributed by atoms with Gasteiger partial charge >= 0.3 is 12.0 Å². The molecular weight excluding hydrogens is 278 g/mol. The fraction of sp³-hybridized carbons (Fsp3) is 0.154. The van der Waals surface area contributed by atoms with Crippen LogP contribution in [0.1, 0.15) is 21.5 Å². The highest BCUT2D eigenvalue weighted by Crippen LogP contribution is 2.23. The lowest BCUT2D eigenvalue weighted by Crippen LogP contribution is -2.21. The fourth-order valence-electron chi connectivity index (χ4n) is 1.83. The number of aryl methyl sites for hydroxylation is 2. The van der Waals surface area contributed by atoms with E-state index >= 15 is 0 Å². The van der Waals surface area contributed by atoms with Gasteiger partial charge < -0.3 is 10.4 Å². The van der Waals surface area contributed by atoms with Crippen molar-refractivity contribution >= 4 is 34.2 Å². The number of benzene rings is 1. The van der Waals surface area contributed by atoms with Crippen LogP contribution in [0.2, 0.25) is 0 Å². The molecule has 0 unspecified atom stereocenters. The molecule has 0 spiro atoms. The van der Waals surface area contributed by atoms with Crippen LogP contribution in [0.25, 0.3) is 0 Å². The van der Waals surface area contributed by atoms with Gasteiger partial charge in [-0.15, -0.1) is 11.3 Å². The molecule has 0 aliphatic rings. The van der Waals surface area contributed by atoms with Crippen LogP contribution in [-0.4, -0.2) is 22.1 Å². The minimum Gasteiger partial charge on any atom is -0.478 e. The van der Waals surface area contributed by atoms with Gasteiger partial charge in [0.15, 0.2) is 5.13 Å². The van der Waals surface area contributed by atoms with Crippen LogP contribution in [-0.2, 0) is 0 Å². The van der Waals surface area contributed by atoms with E-state index in [2.05, 4.69) is 15.6 Å². The lowest BCUT2D eigenvalue weighted by Gasteiger charge is -2.12. The predicted octanol–water partition coefficient (Wildman–Crippen LogP) is 3.10. The van der Waals surface area contributed by atoms with E-state index in [0.29, 0.717) is 10.7 Å². The van der Waals surface area contributed by atoms with Gasteiger partial charge in [0.2, 0.25) is 0 Å². The Hall–Kier alpha value is -2.41. The van der Waals surface area contributed by atoms with Gasteiger partial charge in [-0.3, -0.25) is 5.32 Å². The maximum absolute atomic E-state index is 11.8. The zero-order chi connectivity index (χ0) is 14.7. The Morgan fingerprint density at radius 2 is 2.00 bits per heavy atom. The van der Waals surface area contributed by atoms with Crippen LogP contribution in [0.5, 0.6) is 0 Å². The topological polar surface area (TPSA) is 91.3 Å². The molecule has 0 saturated carbocycles. The van der Waals surface area contributed by atoms with Gasteiger partial charge in [-0.2, -0.15) is 0 Å². The van der Waals surface area contributed by atoms with E-state index in [4.69, 9.17) is 0 Å². The Bertz CT molecular complexity index is 653. The highest BCUT2D eigenvalue weighted by molar-refractivity contribution is 7.13. The van der Waals surface area contributed by atoms with Crippen molar-refractivity contribution in [1.29, 1.82) is 0 Å². The van der Waals surface area contributed by atoms with Crippen molar-refractivity contribution < 1.29 is 14.7 Å². The van der Waals surface area contributed by atoms with E-state index in [9.17, 15) is 14.7 Å². The number of carbonyl (C=O) groups is 2. The highest BCUT2D eigenvalue weighted by Gasteiger charge is 2.16. The molecule has 7 heteroatoms. The number of carboxylic acid groups (broad SMARTS) is 1. The average molecular weight is 291 g/mol. The lowest BCUT2D eigenvalue weighted by atomic mass is 10.0. The van der Waals surface area contributed by atoms with Gasteiger partial charge in [-0.1, -0.05) is 6.07 Å². The number of anilines is 2. The summed E-state index contributed by atoms with van der Waals surface area (Å²) in [6.07, 6.45) is 1.57. The quantitative estimate of drug-likeness (QED) is 0.810. The Balaban J connectivity index is 2.24. The molecule has 1 aromatic carbocycles. The molecule has 0 atom stereocenters. The van der Waals surface area contributed by atoms with E-state index in [1.807, 2.05) is 6.07 Å². The number of thiazole rings is 1. The van der Waals surface area contributed by atoms with Crippen molar-refractivity contribution in [2.24, 2.45) is 0 Å². The van der Waals surface area contributed by atoms with Gasteiger partial charge in [0.25, 0.3) is 0 Å². The Morgan fingerprint density at radius 3 is 2.60 bits per heavy atom. The van der Waals surface area contributed by atoms with Crippen LogP contribution >= 0.6 is 11.3 Å². The first kappa shape index (κ1) is 14.0. The van der Waals surface area contributed by atoms with Crippen LogP contribution in [0, 0.1) is 13.8 Å². The van der Waals surface area contributed by atoms with Crippen molar-refractivity contribution in [3.05, 3.63) is 40.4 Å². The number of hydrogen-bond donors (Lipinski definition) is 3. The van der Waals surface area contributed by atoms with Gasteiger partial charge in [0.1, 0.15) is 0 Å². The van der Waals surface area contributed by atoms with Crippen molar-refractivity contribution in [2.45, 2.75) is 13.8 Å². The van der Waals surface area contributed by atoms with E-state index in [-0.39, 0.29) is 11.3 Å². The van der Waals surface area contributed by atoms with Gasteiger partial charge in [0, 0.05) is 11.6 Å². The zero-order valence-electron chi connectivity index (χ0n) is 10.9. The number of aromatic nitrogens is 1. The molecule has 2 amide bonds. The maximum atomic E-state index is 11.8. The Labute approximate surface area is 119 Å². The summed E-state index contributed by atoms with van der Waals surface area (Å²) >= 11 is 1.28. The summed E-state index contributed by atoms with van der Waals surface area (Å²) in [7, 11) is 0. The number of carbonyl (C=O) groups excluding carboxylic acids is 1. The summed E-state index contributed by atoms with van der Waals surface area (Å²) in [6.45, 7) is 3.55. The number of carboxylic acids is 1. The zero-order valence-corrected chi connectivity index (χ0v) is 11.7. The van der Waals surface area contributed by atoms with Crippen LogP contribution in [0.15, 0.2) is 23.7 Å². The maximum Gasteiger partial charge on any atom is 0.337 e. The number of amides is 2. The number of rotatable bonds is 3. The molecule has 2 aromatic rings. The normalized spacial score (nSPS) is 10.1. The van der Waals surface area contributed by atoms with Gasteiger partial charge in [-0.05, 0) is 31.0 Å². The molecule has 1 heterocycles. The number of aromatic carboxylic acids is 1. The molecule has 20 heavy (non-hydrogen) atoms. The molecule has 2 rings (SSSR count). The minimum absolute atomic E-state index is 0.0665. The lowest BCUT2D eigenvalue weighted by molar-refractivity contribution is 0.0698. The van der Waals surface area contributed by atoms with Crippen molar-refractivity contribution in [3.8, 4) is 0 Å². The fourth-order valence-corrected chi connectivity index (χ4v) is 2.35. The predicted molar refractivity (Wildman–Crippen MR) is 77.6 cm³/mol. The molecule has 0 bridgehead atoms. The summed E-state index contributed by atoms with van der Waals surface area (Å²) in [5.74, 6) is -1.08. The number of nitrogens with zero attached hydrogens (tertiary/aromatic N) is 1. The van der Waals surface area contributed by atoms with Crippen LogP contribution < -0.4 is 10.6 Å². The molecule has 6 nitrogen and oxygen atoms in total. The van der Waals surface area contributed by atoms with E-state index in [0.717, 1.165) is 5.56 Å². The molecule has 0 radical (unpaired) electrons. The highest BCUT2D eigenvalue weighted by atomic mass is 32.1. The van der Waals surface area contributed by atoms with E-state index in [1.54, 1.807) is 25.4 Å². The SMILES string of the molecule is Cc1cc(C)c(NC(=O)Nc2nccs2)c(C(=O)O)c1. The van der Waals surface area contributed by atoms with E-state index in [1.165, 1.54) is 17.4 Å². The molecule has 104 valence electrons. The molecular formula is C13H13N3O3S. The monoisotopic (exact) mass is 291 g/mol. The summed E-state index contributed by atoms with van der Waals surface area (Å²) in [6, 6.07) is 2.81. The van der Waals surface area contributed by atoms with Crippen molar-refractivity contribution in [3.63, 3.8) is 0 Å². The third-order valence-corrected chi connectivity index (χ3v) is 3.29. The van der Waals surface area contributed by atoms with Crippen molar-refractivity contribution in [1.82, 2.24) is 4.98 Å². The largest absolute Gasteiger partial charge is 0.478 e. The minimum atomic E-state index is -1.08. The first-order valence-corrected chi connectivity index (χ1v) is 6.67. The summed E-state index contributed by atoms with van der Waals surface area (Å²) in [4.78, 5) is 27.0. The Morgan fingerprint density at radius 1 is 1.25 bits per heavy atom. The summed E-state index contributed by atoms with van der Waals surface area (Å²) in [5, 5.41) is 16.5. The van der Waals surface area contributed by atoms with Crippen LogP contribution in [0.4, 0.5) is 15.6 Å². The second-order valence-corrected chi connectivity index (χ2v) is 5.12. The second kappa shape index (κ2) is 5.70. The molecule has 0 aliphatic heterocycles. The summed E-state index contributed by atoms with van der Waals surface area (Å²) in [5.41, 5.74) is 1.87. The molecule has 1 aromatic heterocycles. The first-order valence-electron chi connectivity index (χ1n) is 5.79. The second-order valence-electron chi connectivity index (χ2n) is 4.23. The molecule has 3 N–H and O–H groups in total. The average Bonchev–Trinajstić information content (AvgIpc) is 2.84. The Kier molecular flexibility index (Phi) is 3.99. The van der Waals surface area contributed by atoms with E-state index < -0.39 is 12.0 Å². The molecule has 0 aliphatic carbocycles. The number of hydrogen-bond acceptors (Lipinski definition) is 4. The molecule has 0 fully saturated rings. The van der Waals surface area contributed by atoms with Gasteiger partial charge in [0.05, 0.1) is 11.3 Å². The number of urea groups is 1. The van der Waals surface area contributed by atoms with Crippen molar-refractivity contribution in [2.75, 3.05) is 10.6 Å². The van der Waals surface area contributed by atoms with Gasteiger partial charge in [-0.25, -0.2) is 14.6 Å². The first-order chi connectivity index (χ1) is 9.47.